The van der Waals surface area contributed by atoms with Crippen molar-refractivity contribution in [3.05, 3.63) is 83.2 Å². The van der Waals surface area contributed by atoms with Gasteiger partial charge in [-0.2, -0.15) is 5.26 Å². The fraction of sp³-hybridized carbons (Fsp3) is 0.174. The number of benzene rings is 2. The van der Waals surface area contributed by atoms with E-state index in [-0.39, 0.29) is 26.9 Å². The van der Waals surface area contributed by atoms with Gasteiger partial charge in [-0.05, 0) is 36.8 Å². The standard InChI is InChI=1S/C23H19Cl2N3O3S/c1-14-6-3-4-9-19(14)28-22(30)20(12-15-17(24)7-5-8-18(15)25)32-23(28)16(13-26)21(29)27-10-11-31-2/h3-9,12H,10-11H2,1-2H3,(H,27,29)/b20-12-,23-16-. The van der Waals surface area contributed by atoms with Gasteiger partial charge in [-0.25, -0.2) is 0 Å². The molecule has 3 rings (SSSR count). The molecule has 9 heteroatoms. The maximum atomic E-state index is 13.5. The predicted octanol–water partition coefficient (Wildman–Crippen LogP) is 2.78. The molecule has 0 saturated heterocycles. The van der Waals surface area contributed by atoms with Crippen LogP contribution in [0, 0.1) is 18.3 Å². The molecule has 0 atom stereocenters. The number of ether oxygens (including phenoxy) is 1. The van der Waals surface area contributed by atoms with Gasteiger partial charge in [-0.1, -0.05) is 47.5 Å². The zero-order valence-electron chi connectivity index (χ0n) is 17.3. The van der Waals surface area contributed by atoms with E-state index in [4.69, 9.17) is 27.9 Å². The molecule has 0 unspecified atom stereocenters. The first-order chi connectivity index (χ1) is 15.4. The number of para-hydroxylation sites is 1. The maximum Gasteiger partial charge on any atom is 0.273 e. The largest absolute Gasteiger partial charge is 0.383 e. The molecule has 0 radical (unpaired) electrons. The van der Waals surface area contributed by atoms with Crippen molar-refractivity contribution in [3.63, 3.8) is 0 Å². The highest BCUT2D eigenvalue weighted by Crippen LogP contribution is 2.24. The van der Waals surface area contributed by atoms with Crippen molar-refractivity contribution >= 4 is 52.1 Å². The molecule has 2 aromatic carbocycles. The zero-order valence-corrected chi connectivity index (χ0v) is 19.6. The van der Waals surface area contributed by atoms with Gasteiger partial charge in [0.2, 0.25) is 0 Å². The van der Waals surface area contributed by atoms with Crippen LogP contribution in [0.1, 0.15) is 11.1 Å². The summed E-state index contributed by atoms with van der Waals surface area (Å²) in [5.41, 5.74) is 1.32. The molecule has 3 aromatic rings. The minimum Gasteiger partial charge on any atom is -0.383 e. The van der Waals surface area contributed by atoms with Crippen LogP contribution in [0.3, 0.4) is 0 Å². The van der Waals surface area contributed by atoms with Crippen LogP contribution >= 0.6 is 34.5 Å². The van der Waals surface area contributed by atoms with Gasteiger partial charge in [0.05, 0.1) is 16.8 Å². The van der Waals surface area contributed by atoms with E-state index in [1.165, 1.54) is 11.7 Å². The van der Waals surface area contributed by atoms with Gasteiger partial charge in [-0.15, -0.1) is 11.3 Å². The van der Waals surface area contributed by atoms with Crippen molar-refractivity contribution < 1.29 is 9.53 Å². The Bertz CT molecular complexity index is 1370. The zero-order chi connectivity index (χ0) is 23.3. The van der Waals surface area contributed by atoms with Crippen LogP contribution in [0.4, 0.5) is 0 Å². The van der Waals surface area contributed by atoms with E-state index in [0.29, 0.717) is 27.9 Å². The van der Waals surface area contributed by atoms with Crippen LogP contribution < -0.4 is 20.1 Å². The first kappa shape index (κ1) is 23.8. The summed E-state index contributed by atoms with van der Waals surface area (Å²) in [5.74, 6) is -0.588. The molecule has 1 amide bonds. The summed E-state index contributed by atoms with van der Waals surface area (Å²) in [6.45, 7) is 2.38. The summed E-state index contributed by atoms with van der Waals surface area (Å²) in [5, 5.41) is 13.2. The van der Waals surface area contributed by atoms with Gasteiger partial charge in [0, 0.05) is 29.3 Å². The molecule has 0 bridgehead atoms. The number of nitriles is 1. The average Bonchev–Trinajstić information content (AvgIpc) is 3.07. The van der Waals surface area contributed by atoms with Crippen LogP contribution in [0.15, 0.2) is 47.3 Å². The number of hydrogen-bond donors (Lipinski definition) is 1. The third-order valence-corrected chi connectivity index (χ3v) is 6.35. The fourth-order valence-electron chi connectivity index (χ4n) is 3.01. The van der Waals surface area contributed by atoms with Crippen molar-refractivity contribution in [3.8, 4) is 11.8 Å². The highest BCUT2D eigenvalue weighted by molar-refractivity contribution is 7.07. The Kier molecular flexibility index (Phi) is 7.89. The maximum absolute atomic E-state index is 13.5. The van der Waals surface area contributed by atoms with Crippen LogP contribution in [0.2, 0.25) is 10.0 Å². The van der Waals surface area contributed by atoms with Crippen molar-refractivity contribution in [2.24, 2.45) is 0 Å². The molecule has 0 aliphatic rings. The average molecular weight is 488 g/mol. The minimum atomic E-state index is -0.588. The number of thiazole rings is 1. The monoisotopic (exact) mass is 487 g/mol. The van der Waals surface area contributed by atoms with Gasteiger partial charge in [0.15, 0.2) is 5.57 Å². The number of methoxy groups -OCH3 is 1. The molecule has 6 nitrogen and oxygen atoms in total. The fourth-order valence-corrected chi connectivity index (χ4v) is 4.60. The summed E-state index contributed by atoms with van der Waals surface area (Å²) in [4.78, 5) is 26.2. The van der Waals surface area contributed by atoms with E-state index < -0.39 is 5.91 Å². The smallest absolute Gasteiger partial charge is 0.273 e. The van der Waals surface area contributed by atoms with E-state index >= 15 is 0 Å². The third kappa shape index (κ3) is 4.95. The number of nitrogens with zero attached hydrogens (tertiary/aromatic N) is 2. The minimum absolute atomic E-state index is 0.170. The van der Waals surface area contributed by atoms with Crippen molar-refractivity contribution in [2.45, 2.75) is 6.92 Å². The second-order valence-electron chi connectivity index (χ2n) is 6.71. The summed E-state index contributed by atoms with van der Waals surface area (Å²) in [7, 11) is 1.51. The van der Waals surface area contributed by atoms with Crippen molar-refractivity contribution in [2.75, 3.05) is 20.3 Å². The molecule has 164 valence electrons. The lowest BCUT2D eigenvalue weighted by Crippen LogP contribution is -2.35. The van der Waals surface area contributed by atoms with Crippen LogP contribution in [0.5, 0.6) is 0 Å². The topological polar surface area (TPSA) is 84.1 Å². The molecule has 1 N–H and O–H groups in total. The molecule has 0 aliphatic heterocycles. The Morgan fingerprint density at radius 2 is 1.91 bits per heavy atom. The molecule has 0 fully saturated rings. The molecule has 0 saturated carbocycles. The molecule has 0 aliphatic carbocycles. The van der Waals surface area contributed by atoms with E-state index in [1.807, 2.05) is 25.1 Å². The number of carbonyl (C=O) groups is 1. The SMILES string of the molecule is COCCNC(=O)/C(C#N)=c1\s/c(=C\c2c(Cl)cccc2Cl)c(=O)n1-c1ccccc1C. The van der Waals surface area contributed by atoms with Crippen LogP contribution in [0.25, 0.3) is 17.3 Å². The number of hydrogen-bond acceptors (Lipinski definition) is 5. The highest BCUT2D eigenvalue weighted by atomic mass is 35.5. The number of aromatic nitrogens is 1. The van der Waals surface area contributed by atoms with Crippen LogP contribution in [-0.4, -0.2) is 30.7 Å². The number of nitrogens with one attached hydrogen (secondary N) is 1. The van der Waals surface area contributed by atoms with E-state index in [9.17, 15) is 14.9 Å². The molecular weight excluding hydrogens is 469 g/mol. The van der Waals surface area contributed by atoms with Gasteiger partial charge in [0.1, 0.15) is 10.7 Å². The molecule has 1 aromatic heterocycles. The Hall–Kier alpha value is -2.89. The molecule has 32 heavy (non-hydrogen) atoms. The second kappa shape index (κ2) is 10.6. The first-order valence-electron chi connectivity index (χ1n) is 9.54. The lowest BCUT2D eigenvalue weighted by molar-refractivity contribution is -0.115. The highest BCUT2D eigenvalue weighted by Gasteiger charge is 2.18. The predicted molar refractivity (Wildman–Crippen MR) is 128 cm³/mol. The summed E-state index contributed by atoms with van der Waals surface area (Å²) in [6, 6.07) is 14.2. The molecule has 0 spiro atoms. The Morgan fingerprint density at radius 3 is 2.53 bits per heavy atom. The van der Waals surface area contributed by atoms with Gasteiger partial charge < -0.3 is 10.1 Å². The first-order valence-corrected chi connectivity index (χ1v) is 11.1. The Morgan fingerprint density at radius 1 is 1.22 bits per heavy atom. The summed E-state index contributed by atoms with van der Waals surface area (Å²) < 4.78 is 6.83. The number of rotatable bonds is 6. The lowest BCUT2D eigenvalue weighted by Gasteiger charge is -2.07. The molecular formula is C23H19Cl2N3O3S. The third-order valence-electron chi connectivity index (χ3n) is 4.60. The second-order valence-corrected chi connectivity index (χ2v) is 8.56. The van der Waals surface area contributed by atoms with Gasteiger partial charge in [0.25, 0.3) is 11.5 Å². The summed E-state index contributed by atoms with van der Waals surface area (Å²) >= 11 is 13.6. The Labute approximate surface area is 198 Å². The van der Waals surface area contributed by atoms with E-state index in [2.05, 4.69) is 5.32 Å². The number of carbonyl (C=O) groups excluding carboxylic acids is 1. The van der Waals surface area contributed by atoms with Gasteiger partial charge in [-0.3, -0.25) is 14.2 Å². The Balaban J connectivity index is 2.37. The lowest BCUT2D eigenvalue weighted by atomic mass is 10.2. The number of halogens is 2. The van der Waals surface area contributed by atoms with E-state index in [0.717, 1.165) is 16.9 Å². The summed E-state index contributed by atoms with van der Waals surface area (Å²) in [6.07, 6.45) is 1.58. The van der Waals surface area contributed by atoms with Crippen LogP contribution in [-0.2, 0) is 9.53 Å². The van der Waals surface area contributed by atoms with Crippen molar-refractivity contribution in [1.82, 2.24) is 9.88 Å². The van der Waals surface area contributed by atoms with Crippen molar-refractivity contribution in [1.29, 1.82) is 5.26 Å². The van der Waals surface area contributed by atoms with E-state index in [1.54, 1.807) is 36.4 Å². The molecule has 1 heterocycles. The number of aryl methyl sites for hydroxylation is 1. The quantitative estimate of drug-likeness (QED) is 0.541. The normalized spacial score (nSPS) is 12.4. The number of amides is 1. The van der Waals surface area contributed by atoms with Gasteiger partial charge >= 0.3 is 0 Å².